The number of benzene rings is 1. The summed E-state index contributed by atoms with van der Waals surface area (Å²) in [4.78, 5) is 0. The second-order valence-electron chi connectivity index (χ2n) is 5.46. The molecular weight excluding hydrogens is 168 g/mol. The molecule has 4 atom stereocenters. The molecule has 0 saturated heterocycles. The van der Waals surface area contributed by atoms with E-state index in [1.54, 1.807) is 16.7 Å². The molecule has 1 aromatic carbocycles. The first-order chi connectivity index (χ1) is 6.86. The molecule has 2 saturated carbocycles. The lowest BCUT2D eigenvalue weighted by atomic mass is 9.60. The Balaban J connectivity index is 1.91. The maximum Gasteiger partial charge on any atom is -0.00564 e. The highest BCUT2D eigenvalue weighted by Crippen LogP contribution is 2.68. The summed E-state index contributed by atoms with van der Waals surface area (Å²) in [6, 6.07) is 6.92. The van der Waals surface area contributed by atoms with Crippen molar-refractivity contribution in [2.45, 2.75) is 38.0 Å². The molecule has 0 N–H and O–H groups in total. The Hall–Kier alpha value is -0.780. The van der Waals surface area contributed by atoms with Gasteiger partial charge < -0.3 is 0 Å². The number of fused-ring (bicyclic) bond motifs is 8. The van der Waals surface area contributed by atoms with E-state index in [4.69, 9.17) is 0 Å². The van der Waals surface area contributed by atoms with E-state index in [9.17, 15) is 0 Å². The van der Waals surface area contributed by atoms with Gasteiger partial charge in [-0.1, -0.05) is 18.2 Å². The number of rotatable bonds is 0. The fourth-order valence-electron chi connectivity index (χ4n) is 4.51. The Morgan fingerprint density at radius 2 is 1.86 bits per heavy atom. The van der Waals surface area contributed by atoms with Crippen molar-refractivity contribution in [2.24, 2.45) is 11.8 Å². The zero-order chi connectivity index (χ0) is 9.28. The van der Waals surface area contributed by atoms with Gasteiger partial charge in [0.05, 0.1) is 0 Å². The minimum Gasteiger partial charge on any atom is -0.0617 e. The molecule has 0 aromatic heterocycles. The van der Waals surface area contributed by atoms with Crippen LogP contribution < -0.4 is 0 Å². The average molecular weight is 184 g/mol. The standard InChI is InChI=1S/C14H16/c1-8-3-2-4-11-12(8)14-10-6-5-9(7-10)13(11)14/h2-4,9-10,13-14H,5-7H2,1H3/t9-,10+,13?,14?/m1/s1. The molecule has 2 unspecified atom stereocenters. The predicted molar refractivity (Wildman–Crippen MR) is 57.5 cm³/mol. The van der Waals surface area contributed by atoms with Crippen molar-refractivity contribution in [2.75, 3.05) is 0 Å². The van der Waals surface area contributed by atoms with Gasteiger partial charge in [-0.15, -0.1) is 0 Å². The van der Waals surface area contributed by atoms with Crippen molar-refractivity contribution in [1.29, 1.82) is 0 Å². The molecule has 0 amide bonds. The van der Waals surface area contributed by atoms with Crippen LogP contribution in [-0.2, 0) is 0 Å². The molecule has 0 aliphatic heterocycles. The van der Waals surface area contributed by atoms with Crippen LogP contribution in [0, 0.1) is 18.8 Å². The van der Waals surface area contributed by atoms with Crippen LogP contribution in [0.2, 0.25) is 0 Å². The second-order valence-corrected chi connectivity index (χ2v) is 5.46. The largest absolute Gasteiger partial charge is 0.0617 e. The molecule has 0 radical (unpaired) electrons. The van der Waals surface area contributed by atoms with E-state index in [0.29, 0.717) is 0 Å². The minimum atomic E-state index is 0.976. The molecule has 2 bridgehead atoms. The van der Waals surface area contributed by atoms with E-state index in [-0.39, 0.29) is 0 Å². The maximum absolute atomic E-state index is 2.38. The molecule has 0 spiro atoms. The third-order valence-corrected chi connectivity index (χ3v) is 4.97. The van der Waals surface area contributed by atoms with Crippen LogP contribution in [0.5, 0.6) is 0 Å². The SMILES string of the molecule is Cc1cccc2c1C1C2[C@@H]2CC[C@H]1C2. The monoisotopic (exact) mass is 184 g/mol. The van der Waals surface area contributed by atoms with Crippen molar-refractivity contribution in [1.82, 2.24) is 0 Å². The van der Waals surface area contributed by atoms with E-state index in [0.717, 1.165) is 23.7 Å². The summed E-state index contributed by atoms with van der Waals surface area (Å²) in [5, 5.41) is 0. The lowest BCUT2D eigenvalue weighted by Crippen LogP contribution is -2.30. The van der Waals surface area contributed by atoms with E-state index in [1.165, 1.54) is 19.3 Å². The highest BCUT2D eigenvalue weighted by molar-refractivity contribution is 5.52. The lowest BCUT2D eigenvalue weighted by Gasteiger charge is -2.44. The Morgan fingerprint density at radius 1 is 1.07 bits per heavy atom. The van der Waals surface area contributed by atoms with E-state index in [1.807, 2.05) is 0 Å². The molecule has 0 heterocycles. The van der Waals surface area contributed by atoms with Crippen molar-refractivity contribution < 1.29 is 0 Å². The van der Waals surface area contributed by atoms with Crippen LogP contribution in [0.25, 0.3) is 0 Å². The Labute approximate surface area is 85.3 Å². The van der Waals surface area contributed by atoms with Gasteiger partial charge in [0.2, 0.25) is 0 Å². The molecule has 3 aliphatic rings. The fraction of sp³-hybridized carbons (Fsp3) is 0.571. The summed E-state index contributed by atoms with van der Waals surface area (Å²) in [7, 11) is 0. The molecule has 3 aliphatic carbocycles. The van der Waals surface area contributed by atoms with Crippen molar-refractivity contribution >= 4 is 0 Å². The number of hydrogen-bond donors (Lipinski definition) is 0. The first kappa shape index (κ1) is 7.50. The topological polar surface area (TPSA) is 0 Å². The maximum atomic E-state index is 2.38. The zero-order valence-electron chi connectivity index (χ0n) is 8.66. The quantitative estimate of drug-likeness (QED) is 0.578. The van der Waals surface area contributed by atoms with Crippen LogP contribution in [0.3, 0.4) is 0 Å². The van der Waals surface area contributed by atoms with Gasteiger partial charge in [-0.25, -0.2) is 0 Å². The summed E-state index contributed by atoms with van der Waals surface area (Å²) >= 11 is 0. The van der Waals surface area contributed by atoms with Crippen molar-refractivity contribution in [3.63, 3.8) is 0 Å². The van der Waals surface area contributed by atoms with E-state index < -0.39 is 0 Å². The summed E-state index contributed by atoms with van der Waals surface area (Å²) in [6.07, 6.45) is 4.56. The first-order valence-corrected chi connectivity index (χ1v) is 5.95. The minimum absolute atomic E-state index is 0.976. The van der Waals surface area contributed by atoms with E-state index in [2.05, 4.69) is 25.1 Å². The van der Waals surface area contributed by atoms with Gasteiger partial charge in [0.25, 0.3) is 0 Å². The van der Waals surface area contributed by atoms with Crippen LogP contribution in [-0.4, -0.2) is 0 Å². The fourth-order valence-corrected chi connectivity index (χ4v) is 4.51. The average Bonchev–Trinajstić information content (AvgIpc) is 2.68. The molecule has 72 valence electrons. The van der Waals surface area contributed by atoms with Gasteiger partial charge in [-0.05, 0) is 66.5 Å². The van der Waals surface area contributed by atoms with Crippen LogP contribution in [0.4, 0.5) is 0 Å². The third kappa shape index (κ3) is 0.657. The highest BCUT2D eigenvalue weighted by atomic mass is 14.6. The molecule has 1 aromatic rings. The Morgan fingerprint density at radius 3 is 2.71 bits per heavy atom. The second kappa shape index (κ2) is 2.24. The highest BCUT2D eigenvalue weighted by Gasteiger charge is 2.55. The van der Waals surface area contributed by atoms with Crippen LogP contribution in [0.15, 0.2) is 18.2 Å². The smallest absolute Gasteiger partial charge is 0.00564 e. The van der Waals surface area contributed by atoms with Crippen LogP contribution >= 0.6 is 0 Å². The Bertz CT molecular complexity index is 404. The number of hydrogen-bond acceptors (Lipinski definition) is 0. The van der Waals surface area contributed by atoms with Crippen molar-refractivity contribution in [3.05, 3.63) is 34.9 Å². The zero-order valence-corrected chi connectivity index (χ0v) is 8.66. The lowest BCUT2D eigenvalue weighted by molar-refractivity contribution is 0.321. The van der Waals surface area contributed by atoms with Gasteiger partial charge in [-0.3, -0.25) is 0 Å². The molecule has 14 heavy (non-hydrogen) atoms. The number of aryl methyl sites for hydroxylation is 1. The summed E-state index contributed by atoms with van der Waals surface area (Å²) in [5.74, 6) is 4.06. The summed E-state index contributed by atoms with van der Waals surface area (Å²) < 4.78 is 0. The van der Waals surface area contributed by atoms with E-state index >= 15 is 0 Å². The van der Waals surface area contributed by atoms with Crippen molar-refractivity contribution in [3.8, 4) is 0 Å². The first-order valence-electron chi connectivity index (χ1n) is 5.95. The summed E-state index contributed by atoms with van der Waals surface area (Å²) in [6.45, 7) is 2.29. The Kier molecular flexibility index (Phi) is 1.20. The summed E-state index contributed by atoms with van der Waals surface area (Å²) in [5.41, 5.74) is 5.00. The molecule has 2 fully saturated rings. The van der Waals surface area contributed by atoms with Gasteiger partial charge in [-0.2, -0.15) is 0 Å². The van der Waals surface area contributed by atoms with Gasteiger partial charge in [0.15, 0.2) is 0 Å². The van der Waals surface area contributed by atoms with Gasteiger partial charge in [0.1, 0.15) is 0 Å². The molecular formula is C14H16. The van der Waals surface area contributed by atoms with Crippen LogP contribution in [0.1, 0.15) is 47.8 Å². The normalized spacial score (nSPS) is 41.8. The van der Waals surface area contributed by atoms with Gasteiger partial charge >= 0.3 is 0 Å². The molecule has 4 rings (SSSR count). The van der Waals surface area contributed by atoms with Gasteiger partial charge in [0, 0.05) is 0 Å². The third-order valence-electron chi connectivity index (χ3n) is 4.97. The molecule has 0 nitrogen and oxygen atoms in total. The molecule has 0 heteroatoms. The predicted octanol–water partition coefficient (Wildman–Crippen LogP) is 3.61.